The summed E-state index contributed by atoms with van der Waals surface area (Å²) in [5.74, 6) is -3.44. The van der Waals surface area contributed by atoms with Gasteiger partial charge in [-0.15, -0.1) is 0 Å². The summed E-state index contributed by atoms with van der Waals surface area (Å²) in [7, 11) is 0. The van der Waals surface area contributed by atoms with Crippen LogP contribution in [0, 0.1) is 5.92 Å². The average Bonchev–Trinajstić information content (AvgIpc) is 3.31. The number of carboxylic acids is 1. The van der Waals surface area contributed by atoms with Crippen LogP contribution in [-0.4, -0.2) is 52.8 Å². The third kappa shape index (κ3) is 6.93. The number of amides is 3. The first-order valence-electron chi connectivity index (χ1n) is 12.2. The normalized spacial score (nSPS) is 16.4. The van der Waals surface area contributed by atoms with Crippen molar-refractivity contribution in [3.8, 4) is 0 Å². The summed E-state index contributed by atoms with van der Waals surface area (Å²) >= 11 is 0. The molecule has 3 rings (SSSR count). The molecule has 3 amide bonds. The minimum Gasteiger partial charge on any atom is -0.480 e. The number of carbonyl (C=O) groups is 5. The van der Waals surface area contributed by atoms with E-state index in [0.717, 1.165) is 5.56 Å². The molecule has 4 atom stereocenters. The second-order valence-corrected chi connectivity index (χ2v) is 9.18. The van der Waals surface area contributed by atoms with Crippen LogP contribution < -0.4 is 21.3 Å². The molecule has 2 aromatic carbocycles. The Hall–Kier alpha value is -4.21. The van der Waals surface area contributed by atoms with Gasteiger partial charge in [0.1, 0.15) is 12.1 Å². The van der Waals surface area contributed by atoms with Crippen molar-refractivity contribution in [2.75, 3.05) is 5.32 Å². The van der Waals surface area contributed by atoms with E-state index in [1.165, 1.54) is 13.0 Å². The molecule has 10 heteroatoms. The Morgan fingerprint density at radius 3 is 2.32 bits per heavy atom. The number of benzene rings is 2. The van der Waals surface area contributed by atoms with Crippen LogP contribution in [0.5, 0.6) is 0 Å². The smallest absolute Gasteiger partial charge is 0.326 e. The molecule has 0 bridgehead atoms. The highest BCUT2D eigenvalue weighted by Gasteiger charge is 2.34. The summed E-state index contributed by atoms with van der Waals surface area (Å²) in [6.07, 6.45) is -0.553. The van der Waals surface area contributed by atoms with E-state index in [1.807, 2.05) is 44.2 Å². The van der Waals surface area contributed by atoms with Gasteiger partial charge in [0.15, 0.2) is 6.17 Å². The second kappa shape index (κ2) is 12.2. The number of anilines is 1. The fourth-order valence-electron chi connectivity index (χ4n) is 4.21. The molecule has 196 valence electrons. The van der Waals surface area contributed by atoms with E-state index in [-0.39, 0.29) is 30.2 Å². The van der Waals surface area contributed by atoms with Crippen molar-refractivity contribution >= 4 is 35.2 Å². The van der Waals surface area contributed by atoms with Crippen molar-refractivity contribution < 1.29 is 29.1 Å². The van der Waals surface area contributed by atoms with Gasteiger partial charge in [0, 0.05) is 24.6 Å². The number of aliphatic carboxylic acids is 1. The molecule has 1 heterocycles. The van der Waals surface area contributed by atoms with E-state index >= 15 is 0 Å². The maximum absolute atomic E-state index is 13.5. The molecule has 1 aliphatic rings. The van der Waals surface area contributed by atoms with Gasteiger partial charge in [-0.1, -0.05) is 62.7 Å². The first kappa shape index (κ1) is 27.4. The number of para-hydroxylation sites is 1. The molecule has 1 unspecified atom stereocenters. The van der Waals surface area contributed by atoms with E-state index in [2.05, 4.69) is 21.3 Å². The predicted octanol–water partition coefficient (Wildman–Crippen LogP) is 1.64. The zero-order chi connectivity index (χ0) is 27.1. The van der Waals surface area contributed by atoms with Crippen LogP contribution in [0.15, 0.2) is 48.5 Å². The molecule has 5 N–H and O–H groups in total. The molecule has 0 saturated carbocycles. The van der Waals surface area contributed by atoms with Crippen molar-refractivity contribution in [3.05, 3.63) is 65.2 Å². The third-order valence-electron chi connectivity index (χ3n) is 6.37. The van der Waals surface area contributed by atoms with Gasteiger partial charge >= 0.3 is 5.97 Å². The Morgan fingerprint density at radius 2 is 1.70 bits per heavy atom. The highest BCUT2D eigenvalue weighted by molar-refractivity contribution is 6.08. The number of hydrogen-bond donors (Lipinski definition) is 5. The second-order valence-electron chi connectivity index (χ2n) is 9.18. The van der Waals surface area contributed by atoms with Gasteiger partial charge in [0.2, 0.25) is 23.5 Å². The summed E-state index contributed by atoms with van der Waals surface area (Å²) in [5.41, 5.74) is 1.95. The fourth-order valence-corrected chi connectivity index (χ4v) is 4.21. The maximum Gasteiger partial charge on any atom is 0.326 e. The van der Waals surface area contributed by atoms with Gasteiger partial charge in [0.05, 0.1) is 6.42 Å². The van der Waals surface area contributed by atoms with Crippen molar-refractivity contribution in [1.29, 1.82) is 0 Å². The monoisotopic (exact) mass is 508 g/mol. The van der Waals surface area contributed by atoms with Gasteiger partial charge in [0.25, 0.3) is 0 Å². The lowest BCUT2D eigenvalue weighted by molar-refractivity contribution is -0.137. The molecule has 0 fully saturated rings. The maximum atomic E-state index is 13.5. The highest BCUT2D eigenvalue weighted by Crippen LogP contribution is 2.30. The third-order valence-corrected chi connectivity index (χ3v) is 6.37. The van der Waals surface area contributed by atoms with Crippen LogP contribution in [0.3, 0.4) is 0 Å². The number of Topliss-reactive ketones (excluding diaryl/α,β-unsaturated/α-hetero) is 1. The van der Waals surface area contributed by atoms with Gasteiger partial charge in [-0.3, -0.25) is 19.2 Å². The van der Waals surface area contributed by atoms with Crippen molar-refractivity contribution in [3.63, 3.8) is 0 Å². The first-order chi connectivity index (χ1) is 17.6. The largest absolute Gasteiger partial charge is 0.480 e. The lowest BCUT2D eigenvalue weighted by Gasteiger charge is -2.27. The molecular formula is C27H32N4O6. The molecule has 1 aliphatic heterocycles. The highest BCUT2D eigenvalue weighted by atomic mass is 16.4. The minimum atomic E-state index is -1.42. The standard InChI is InChI=1S/C27H32N4O6/c1-4-15(2)22(30-21(33)13-17-9-6-5-7-10-17)26(35)31-25(28-16(3)32)24(34)19-12-8-11-18-14-20(27(36)37)29-23(18)19/h5-12,15,20,22,25,29H,4,13-14H2,1-3H3,(H,28,32)(H,30,33)(H,31,35)(H,36,37)/t15-,20-,22-,25?/m0/s1. The SMILES string of the molecule is CC[C@H](C)[C@H](NC(=O)Cc1ccccc1)C(=O)NC(NC(C)=O)C(=O)c1cccc2c1N[C@H](C(=O)O)C2. The Kier molecular flexibility index (Phi) is 9.00. The summed E-state index contributed by atoms with van der Waals surface area (Å²) in [5, 5.41) is 20.0. The lowest BCUT2D eigenvalue weighted by atomic mass is 9.97. The van der Waals surface area contributed by atoms with Gasteiger partial charge < -0.3 is 26.4 Å². The zero-order valence-electron chi connectivity index (χ0n) is 21.0. The first-order valence-corrected chi connectivity index (χ1v) is 12.2. The Balaban J connectivity index is 1.80. The number of rotatable bonds is 11. The number of nitrogens with one attached hydrogen (secondary N) is 4. The molecule has 0 spiro atoms. The molecule has 37 heavy (non-hydrogen) atoms. The van der Waals surface area contributed by atoms with Crippen LogP contribution in [-0.2, 0) is 32.0 Å². The zero-order valence-corrected chi connectivity index (χ0v) is 21.0. The number of fused-ring (bicyclic) bond motifs is 1. The molecule has 0 aliphatic carbocycles. The van der Waals surface area contributed by atoms with Crippen molar-refractivity contribution in [2.45, 2.75) is 58.3 Å². The van der Waals surface area contributed by atoms with E-state index in [4.69, 9.17) is 0 Å². The Morgan fingerprint density at radius 1 is 1.00 bits per heavy atom. The van der Waals surface area contributed by atoms with Gasteiger partial charge in [-0.05, 0) is 23.1 Å². The molecule has 10 nitrogen and oxygen atoms in total. The molecule has 2 aromatic rings. The molecule has 0 aromatic heterocycles. The molecule has 0 radical (unpaired) electrons. The van der Waals surface area contributed by atoms with Gasteiger partial charge in [-0.25, -0.2) is 4.79 Å². The van der Waals surface area contributed by atoms with Crippen LogP contribution in [0.1, 0.15) is 48.7 Å². The molecule has 0 saturated heterocycles. The van der Waals surface area contributed by atoms with E-state index in [0.29, 0.717) is 17.7 Å². The van der Waals surface area contributed by atoms with Crippen molar-refractivity contribution in [1.82, 2.24) is 16.0 Å². The average molecular weight is 509 g/mol. The Labute approximate surface area is 215 Å². The summed E-state index contributed by atoms with van der Waals surface area (Å²) in [6.45, 7) is 4.90. The van der Waals surface area contributed by atoms with Crippen LogP contribution in [0.2, 0.25) is 0 Å². The fraction of sp³-hybridized carbons (Fsp3) is 0.370. The lowest BCUT2D eigenvalue weighted by Crippen LogP contribution is -2.58. The number of carboxylic acid groups (broad SMARTS) is 1. The quantitative estimate of drug-likeness (QED) is 0.228. The predicted molar refractivity (Wildman–Crippen MR) is 137 cm³/mol. The van der Waals surface area contributed by atoms with Crippen LogP contribution in [0.4, 0.5) is 5.69 Å². The number of hydrogen-bond acceptors (Lipinski definition) is 6. The summed E-state index contributed by atoms with van der Waals surface area (Å²) < 4.78 is 0. The van der Waals surface area contributed by atoms with E-state index in [9.17, 15) is 29.1 Å². The Bertz CT molecular complexity index is 1180. The van der Waals surface area contributed by atoms with Crippen LogP contribution in [0.25, 0.3) is 0 Å². The van der Waals surface area contributed by atoms with Crippen LogP contribution >= 0.6 is 0 Å². The number of ketones is 1. The molecular weight excluding hydrogens is 476 g/mol. The van der Waals surface area contributed by atoms with Gasteiger partial charge in [-0.2, -0.15) is 0 Å². The number of carbonyl (C=O) groups excluding carboxylic acids is 4. The minimum absolute atomic E-state index is 0.0850. The van der Waals surface area contributed by atoms with E-state index in [1.54, 1.807) is 12.1 Å². The summed E-state index contributed by atoms with van der Waals surface area (Å²) in [6, 6.07) is 12.1. The van der Waals surface area contributed by atoms with E-state index < -0.39 is 41.8 Å². The summed E-state index contributed by atoms with van der Waals surface area (Å²) in [4.78, 5) is 62.8. The topological polar surface area (TPSA) is 154 Å². The van der Waals surface area contributed by atoms with Crippen molar-refractivity contribution in [2.24, 2.45) is 5.92 Å².